The lowest BCUT2D eigenvalue weighted by Gasteiger charge is -2.34. The van der Waals surface area contributed by atoms with Gasteiger partial charge in [-0.3, -0.25) is 4.79 Å². The number of anilines is 1. The highest BCUT2D eigenvalue weighted by Crippen LogP contribution is 2.30. The third kappa shape index (κ3) is 3.80. The summed E-state index contributed by atoms with van der Waals surface area (Å²) in [6.45, 7) is 5.20. The molecule has 2 aromatic rings. The van der Waals surface area contributed by atoms with Crippen LogP contribution >= 0.6 is 0 Å². The van der Waals surface area contributed by atoms with Crippen molar-refractivity contribution in [3.8, 4) is 0 Å². The summed E-state index contributed by atoms with van der Waals surface area (Å²) in [5.41, 5.74) is 3.68. The van der Waals surface area contributed by atoms with Gasteiger partial charge in [-0.05, 0) is 51.0 Å². The van der Waals surface area contributed by atoms with E-state index in [9.17, 15) is 4.79 Å². The minimum absolute atomic E-state index is 0.176. The van der Waals surface area contributed by atoms with Crippen LogP contribution < -0.4 is 4.90 Å². The van der Waals surface area contributed by atoms with E-state index in [-0.39, 0.29) is 11.7 Å². The lowest BCUT2D eigenvalue weighted by Crippen LogP contribution is -2.39. The molecule has 1 aliphatic carbocycles. The molecule has 0 radical (unpaired) electrons. The highest BCUT2D eigenvalue weighted by molar-refractivity contribution is 5.99. The molecule has 4 rings (SSSR count). The summed E-state index contributed by atoms with van der Waals surface area (Å²) in [5, 5.41) is 0. The largest absolute Gasteiger partial charge is 0.338 e. The van der Waals surface area contributed by atoms with Crippen LogP contribution in [0.4, 0.5) is 5.95 Å². The van der Waals surface area contributed by atoms with Crippen LogP contribution in [-0.2, 0) is 6.42 Å². The second-order valence-corrected chi connectivity index (χ2v) is 7.83. The number of carbonyl (C=O) groups is 1. The first-order chi connectivity index (χ1) is 13.1. The Hall–Kier alpha value is -2.49. The molecule has 27 heavy (non-hydrogen) atoms. The summed E-state index contributed by atoms with van der Waals surface area (Å²) < 4.78 is 0. The van der Waals surface area contributed by atoms with Crippen LogP contribution in [0.1, 0.15) is 59.9 Å². The van der Waals surface area contributed by atoms with Gasteiger partial charge in [-0.25, -0.2) is 9.97 Å². The van der Waals surface area contributed by atoms with Gasteiger partial charge in [0.1, 0.15) is 0 Å². The Labute approximate surface area is 161 Å². The molecule has 1 aromatic heterocycles. The molecule has 0 N–H and O–H groups in total. The fourth-order valence-corrected chi connectivity index (χ4v) is 4.26. The van der Waals surface area contributed by atoms with E-state index in [4.69, 9.17) is 9.97 Å². The fraction of sp³-hybridized carbons (Fsp3) is 0.435. The Morgan fingerprint density at radius 3 is 2.70 bits per heavy atom. The molecule has 2 heterocycles. The summed E-state index contributed by atoms with van der Waals surface area (Å²) in [4.78, 5) is 24.6. The van der Waals surface area contributed by atoms with Crippen molar-refractivity contribution in [3.05, 3.63) is 58.9 Å². The maximum absolute atomic E-state index is 12.8. The molecule has 4 nitrogen and oxygen atoms in total. The van der Waals surface area contributed by atoms with Crippen LogP contribution in [0.5, 0.6) is 0 Å². The van der Waals surface area contributed by atoms with E-state index in [2.05, 4.69) is 36.1 Å². The van der Waals surface area contributed by atoms with Gasteiger partial charge in [-0.15, -0.1) is 0 Å². The SMILES string of the molecule is Cc1nc(N2CCCC[C@H]2C)nc2c1C(=O)C[C@@H](/C=C/c1ccccc1)C2. The zero-order chi connectivity index (χ0) is 18.8. The zero-order valence-corrected chi connectivity index (χ0v) is 16.2. The number of Topliss-reactive ketones (excluding diaryl/α,β-unsaturated/α-hetero) is 1. The van der Waals surface area contributed by atoms with Crippen molar-refractivity contribution < 1.29 is 4.79 Å². The third-order valence-electron chi connectivity index (χ3n) is 5.76. The second-order valence-electron chi connectivity index (χ2n) is 7.83. The highest BCUT2D eigenvalue weighted by atomic mass is 16.1. The Kier molecular flexibility index (Phi) is 5.06. The van der Waals surface area contributed by atoms with Gasteiger partial charge in [0.15, 0.2) is 5.78 Å². The Balaban J connectivity index is 1.60. The molecule has 1 aliphatic heterocycles. The van der Waals surface area contributed by atoms with Crippen molar-refractivity contribution in [2.24, 2.45) is 5.92 Å². The maximum atomic E-state index is 12.8. The van der Waals surface area contributed by atoms with E-state index in [1.165, 1.54) is 19.3 Å². The number of piperidine rings is 1. The zero-order valence-electron chi connectivity index (χ0n) is 16.2. The summed E-state index contributed by atoms with van der Waals surface area (Å²) in [5.74, 6) is 1.18. The summed E-state index contributed by atoms with van der Waals surface area (Å²) in [6.07, 6.45) is 9.27. The molecule has 0 amide bonds. The minimum atomic E-state index is 0.176. The van der Waals surface area contributed by atoms with Crippen molar-refractivity contribution in [2.45, 2.75) is 52.0 Å². The van der Waals surface area contributed by atoms with Crippen molar-refractivity contribution in [1.82, 2.24) is 9.97 Å². The third-order valence-corrected chi connectivity index (χ3v) is 5.76. The number of nitrogens with zero attached hydrogens (tertiary/aromatic N) is 3. The molecular formula is C23H27N3O. The van der Waals surface area contributed by atoms with Crippen LogP contribution in [0.25, 0.3) is 6.08 Å². The number of ketones is 1. The lowest BCUT2D eigenvalue weighted by atomic mass is 9.84. The van der Waals surface area contributed by atoms with Gasteiger partial charge >= 0.3 is 0 Å². The maximum Gasteiger partial charge on any atom is 0.226 e. The average molecular weight is 361 g/mol. The summed E-state index contributed by atoms with van der Waals surface area (Å²) in [7, 11) is 0. The molecule has 0 bridgehead atoms. The van der Waals surface area contributed by atoms with E-state index < -0.39 is 0 Å². The van der Waals surface area contributed by atoms with Crippen molar-refractivity contribution in [1.29, 1.82) is 0 Å². The molecule has 1 fully saturated rings. The molecular weight excluding hydrogens is 334 g/mol. The molecule has 2 atom stereocenters. The van der Waals surface area contributed by atoms with Gasteiger partial charge in [-0.2, -0.15) is 0 Å². The number of fused-ring (bicyclic) bond motifs is 1. The van der Waals surface area contributed by atoms with E-state index in [0.29, 0.717) is 12.5 Å². The number of aromatic nitrogens is 2. The van der Waals surface area contributed by atoms with Crippen LogP contribution in [0, 0.1) is 12.8 Å². The Morgan fingerprint density at radius 2 is 1.93 bits per heavy atom. The van der Waals surface area contributed by atoms with Crippen LogP contribution in [-0.4, -0.2) is 28.3 Å². The highest BCUT2D eigenvalue weighted by Gasteiger charge is 2.29. The number of hydrogen-bond donors (Lipinski definition) is 0. The van der Waals surface area contributed by atoms with E-state index in [1.54, 1.807) is 0 Å². The molecule has 4 heteroatoms. The number of hydrogen-bond acceptors (Lipinski definition) is 4. The van der Waals surface area contributed by atoms with Crippen LogP contribution in [0.2, 0.25) is 0 Å². The van der Waals surface area contributed by atoms with Gasteiger partial charge in [0.05, 0.1) is 17.0 Å². The predicted octanol–water partition coefficient (Wildman–Crippen LogP) is 4.62. The molecule has 2 aliphatic rings. The van der Waals surface area contributed by atoms with Crippen molar-refractivity contribution in [2.75, 3.05) is 11.4 Å². The monoisotopic (exact) mass is 361 g/mol. The van der Waals surface area contributed by atoms with Crippen molar-refractivity contribution >= 4 is 17.8 Å². The van der Waals surface area contributed by atoms with Gasteiger partial charge < -0.3 is 4.90 Å². The van der Waals surface area contributed by atoms with Gasteiger partial charge in [0.25, 0.3) is 0 Å². The molecule has 0 unspecified atom stereocenters. The lowest BCUT2D eigenvalue weighted by molar-refractivity contribution is 0.0956. The molecule has 1 saturated heterocycles. The van der Waals surface area contributed by atoms with E-state index in [1.807, 2.05) is 25.1 Å². The standard InChI is InChI=1S/C23H27N3O/c1-16-8-6-7-13-26(16)23-24-17(2)22-20(25-23)14-19(15-21(22)27)12-11-18-9-4-3-5-10-18/h3-5,9-12,16,19H,6-8,13-15H2,1-2H3/b12-11+/t16-,19+/m1/s1. The molecule has 1 aromatic carbocycles. The second kappa shape index (κ2) is 7.63. The first-order valence-corrected chi connectivity index (χ1v) is 10.0. The van der Waals surface area contributed by atoms with Gasteiger partial charge in [0.2, 0.25) is 5.95 Å². The van der Waals surface area contributed by atoms with Crippen LogP contribution in [0.3, 0.4) is 0 Å². The van der Waals surface area contributed by atoms with Gasteiger partial charge in [0, 0.05) is 19.0 Å². The normalized spacial score (nSPS) is 22.9. The predicted molar refractivity (Wildman–Crippen MR) is 109 cm³/mol. The van der Waals surface area contributed by atoms with Gasteiger partial charge in [-0.1, -0.05) is 42.5 Å². The quantitative estimate of drug-likeness (QED) is 0.800. The van der Waals surface area contributed by atoms with E-state index in [0.717, 1.165) is 41.4 Å². The number of allylic oxidation sites excluding steroid dienone is 1. The van der Waals surface area contributed by atoms with E-state index >= 15 is 0 Å². The topological polar surface area (TPSA) is 46.1 Å². The number of rotatable bonds is 3. The fourth-order valence-electron chi connectivity index (χ4n) is 4.26. The molecule has 140 valence electrons. The summed E-state index contributed by atoms with van der Waals surface area (Å²) >= 11 is 0. The Morgan fingerprint density at radius 1 is 1.11 bits per heavy atom. The van der Waals surface area contributed by atoms with Crippen LogP contribution in [0.15, 0.2) is 36.4 Å². The minimum Gasteiger partial charge on any atom is -0.338 e. The number of benzene rings is 1. The molecule has 0 saturated carbocycles. The smallest absolute Gasteiger partial charge is 0.226 e. The number of aryl methyl sites for hydroxylation is 1. The molecule has 0 spiro atoms. The Bertz CT molecular complexity index is 859. The summed E-state index contributed by atoms with van der Waals surface area (Å²) in [6, 6.07) is 10.7. The first kappa shape index (κ1) is 17.9. The average Bonchev–Trinajstić information content (AvgIpc) is 2.67. The first-order valence-electron chi connectivity index (χ1n) is 10.0. The van der Waals surface area contributed by atoms with Crippen molar-refractivity contribution in [3.63, 3.8) is 0 Å². The number of carbonyl (C=O) groups excluding carboxylic acids is 1.